The number of carbonyl (C=O) groups is 1. The van der Waals surface area contributed by atoms with Crippen LogP contribution in [0.25, 0.3) is 11.0 Å². The number of nitrogens with zero attached hydrogens (tertiary/aromatic N) is 2. The van der Waals surface area contributed by atoms with Crippen molar-refractivity contribution in [3.63, 3.8) is 0 Å². The van der Waals surface area contributed by atoms with Gasteiger partial charge in [-0.3, -0.25) is 4.79 Å². The van der Waals surface area contributed by atoms with Crippen LogP contribution in [0.1, 0.15) is 34.6 Å². The highest BCUT2D eigenvalue weighted by Gasteiger charge is 2.11. The van der Waals surface area contributed by atoms with E-state index in [1.165, 1.54) is 0 Å². The van der Waals surface area contributed by atoms with Crippen LogP contribution >= 0.6 is 0 Å². The van der Waals surface area contributed by atoms with Gasteiger partial charge in [-0.2, -0.15) is 0 Å². The number of ether oxygens (including phenoxy) is 2. The van der Waals surface area contributed by atoms with Crippen LogP contribution in [-0.4, -0.2) is 35.7 Å². The number of benzene rings is 3. The van der Waals surface area contributed by atoms with Crippen LogP contribution < -0.4 is 14.8 Å². The summed E-state index contributed by atoms with van der Waals surface area (Å²) in [5.74, 6) is 2.49. The second-order valence-electron chi connectivity index (χ2n) is 8.25. The van der Waals surface area contributed by atoms with Gasteiger partial charge < -0.3 is 19.4 Å². The van der Waals surface area contributed by atoms with Crippen LogP contribution in [0.4, 0.5) is 0 Å². The number of amides is 1. The fraction of sp³-hybridized carbons (Fsp3) is 0.286. The molecule has 4 rings (SSSR count). The van der Waals surface area contributed by atoms with Crippen molar-refractivity contribution in [1.82, 2.24) is 14.9 Å². The topological polar surface area (TPSA) is 65.4 Å². The maximum absolute atomic E-state index is 12.4. The predicted octanol–water partition coefficient (Wildman–Crippen LogP) is 5.19. The van der Waals surface area contributed by atoms with Crippen molar-refractivity contribution in [3.05, 3.63) is 89.7 Å². The van der Waals surface area contributed by atoms with Gasteiger partial charge in [0.1, 0.15) is 5.82 Å². The summed E-state index contributed by atoms with van der Waals surface area (Å²) < 4.78 is 13.6. The lowest BCUT2D eigenvalue weighted by Gasteiger charge is -2.12. The molecule has 0 saturated heterocycles. The van der Waals surface area contributed by atoms with Crippen molar-refractivity contribution < 1.29 is 14.3 Å². The Balaban J connectivity index is 1.34. The Morgan fingerprint density at radius 3 is 2.59 bits per heavy atom. The standard InChI is InChI=1S/C28H31N3O3/c1-21-10-7-11-22(20-21)28(32)29-17-8-16-27-30-23-12-3-4-13-24(23)31(27)18-9-19-34-26-15-6-5-14-25(26)33-2/h3-7,10-15,20H,8-9,16-19H2,1-2H3,(H,29,32). The number of carbonyl (C=O) groups excluding carboxylic acids is 1. The van der Waals surface area contributed by atoms with Gasteiger partial charge in [0.25, 0.3) is 5.91 Å². The first-order valence-corrected chi connectivity index (χ1v) is 11.7. The average molecular weight is 458 g/mol. The molecule has 1 N–H and O–H groups in total. The van der Waals surface area contributed by atoms with E-state index in [0.717, 1.165) is 59.7 Å². The molecule has 0 atom stereocenters. The molecule has 4 aromatic rings. The van der Waals surface area contributed by atoms with E-state index in [2.05, 4.69) is 16.0 Å². The molecule has 0 unspecified atom stereocenters. The van der Waals surface area contributed by atoms with Crippen molar-refractivity contribution in [2.24, 2.45) is 0 Å². The lowest BCUT2D eigenvalue weighted by atomic mass is 10.1. The molecule has 1 amide bonds. The molecule has 0 aliphatic heterocycles. The zero-order valence-corrected chi connectivity index (χ0v) is 19.8. The van der Waals surface area contributed by atoms with Gasteiger partial charge in [0.2, 0.25) is 0 Å². The number of methoxy groups -OCH3 is 1. The number of imidazole rings is 1. The van der Waals surface area contributed by atoms with E-state index in [4.69, 9.17) is 14.5 Å². The van der Waals surface area contributed by atoms with Crippen LogP contribution in [0.3, 0.4) is 0 Å². The van der Waals surface area contributed by atoms with E-state index < -0.39 is 0 Å². The summed E-state index contributed by atoms with van der Waals surface area (Å²) in [7, 11) is 1.65. The maximum Gasteiger partial charge on any atom is 0.251 e. The normalized spacial score (nSPS) is 10.9. The Kier molecular flexibility index (Phi) is 7.81. The molecule has 0 bridgehead atoms. The van der Waals surface area contributed by atoms with E-state index in [1.807, 2.05) is 73.7 Å². The predicted molar refractivity (Wildman–Crippen MR) is 135 cm³/mol. The zero-order valence-electron chi connectivity index (χ0n) is 19.8. The number of fused-ring (bicyclic) bond motifs is 1. The van der Waals surface area contributed by atoms with Gasteiger partial charge in [-0.25, -0.2) is 4.98 Å². The summed E-state index contributed by atoms with van der Waals surface area (Å²) >= 11 is 0. The lowest BCUT2D eigenvalue weighted by Crippen LogP contribution is -2.25. The van der Waals surface area contributed by atoms with Gasteiger partial charge in [0.05, 0.1) is 24.8 Å². The van der Waals surface area contributed by atoms with Crippen molar-refractivity contribution in [2.75, 3.05) is 20.3 Å². The molecule has 6 heteroatoms. The lowest BCUT2D eigenvalue weighted by molar-refractivity contribution is 0.0953. The summed E-state index contributed by atoms with van der Waals surface area (Å²) in [5, 5.41) is 3.02. The molecule has 1 aromatic heterocycles. The van der Waals surface area contributed by atoms with Crippen molar-refractivity contribution in [2.45, 2.75) is 32.7 Å². The molecule has 0 saturated carbocycles. The molecule has 176 valence electrons. The molecule has 3 aromatic carbocycles. The number of para-hydroxylation sites is 4. The summed E-state index contributed by atoms with van der Waals surface area (Å²) in [6.07, 6.45) is 2.45. The van der Waals surface area contributed by atoms with Gasteiger partial charge in [-0.1, -0.05) is 42.0 Å². The number of nitrogens with one attached hydrogen (secondary N) is 1. The van der Waals surface area contributed by atoms with Crippen LogP contribution in [0, 0.1) is 6.92 Å². The van der Waals surface area contributed by atoms with Crippen molar-refractivity contribution in [3.8, 4) is 11.5 Å². The minimum Gasteiger partial charge on any atom is -0.493 e. The molecule has 1 heterocycles. The number of rotatable bonds is 11. The van der Waals surface area contributed by atoms with E-state index in [9.17, 15) is 4.79 Å². The Morgan fingerprint density at radius 1 is 0.971 bits per heavy atom. The van der Waals surface area contributed by atoms with Gasteiger partial charge in [0, 0.05) is 25.1 Å². The van der Waals surface area contributed by atoms with Gasteiger partial charge in [-0.05, 0) is 56.2 Å². The molecule has 0 fully saturated rings. The Hall–Kier alpha value is -3.80. The second kappa shape index (κ2) is 11.4. The van der Waals surface area contributed by atoms with E-state index in [-0.39, 0.29) is 5.91 Å². The van der Waals surface area contributed by atoms with Crippen LogP contribution in [0.15, 0.2) is 72.8 Å². The SMILES string of the molecule is COc1ccccc1OCCCn1c(CCCNC(=O)c2cccc(C)c2)nc2ccccc21. The molecule has 0 radical (unpaired) electrons. The molecule has 34 heavy (non-hydrogen) atoms. The van der Waals surface area contributed by atoms with Crippen LogP contribution in [-0.2, 0) is 13.0 Å². The molecule has 6 nitrogen and oxygen atoms in total. The quantitative estimate of drug-likeness (QED) is 0.315. The first kappa shape index (κ1) is 23.4. The highest BCUT2D eigenvalue weighted by Crippen LogP contribution is 2.26. The molecule has 0 aliphatic rings. The zero-order chi connectivity index (χ0) is 23.8. The van der Waals surface area contributed by atoms with E-state index >= 15 is 0 Å². The van der Waals surface area contributed by atoms with Gasteiger partial charge in [-0.15, -0.1) is 0 Å². The van der Waals surface area contributed by atoms with E-state index in [0.29, 0.717) is 18.7 Å². The summed E-state index contributed by atoms with van der Waals surface area (Å²) in [6.45, 7) is 3.98. The molecular weight excluding hydrogens is 426 g/mol. The minimum atomic E-state index is -0.0364. The van der Waals surface area contributed by atoms with Crippen LogP contribution in [0.2, 0.25) is 0 Å². The summed E-state index contributed by atoms with van der Waals surface area (Å²) in [6, 6.07) is 23.5. The second-order valence-corrected chi connectivity index (χ2v) is 8.25. The molecule has 0 aliphatic carbocycles. The maximum atomic E-state index is 12.4. The van der Waals surface area contributed by atoms with Crippen LogP contribution in [0.5, 0.6) is 11.5 Å². The van der Waals surface area contributed by atoms with Gasteiger partial charge >= 0.3 is 0 Å². The fourth-order valence-electron chi connectivity index (χ4n) is 4.05. The Labute approximate surface area is 200 Å². The Morgan fingerprint density at radius 2 is 1.76 bits per heavy atom. The smallest absolute Gasteiger partial charge is 0.251 e. The Bertz CT molecular complexity index is 1250. The number of hydrogen-bond donors (Lipinski definition) is 1. The third-order valence-electron chi connectivity index (χ3n) is 5.73. The highest BCUT2D eigenvalue weighted by molar-refractivity contribution is 5.94. The molecular formula is C28H31N3O3. The fourth-order valence-corrected chi connectivity index (χ4v) is 4.05. The van der Waals surface area contributed by atoms with E-state index in [1.54, 1.807) is 7.11 Å². The van der Waals surface area contributed by atoms with Gasteiger partial charge in [0.15, 0.2) is 11.5 Å². The largest absolute Gasteiger partial charge is 0.493 e. The highest BCUT2D eigenvalue weighted by atomic mass is 16.5. The minimum absolute atomic E-state index is 0.0364. The number of aryl methyl sites for hydroxylation is 3. The first-order valence-electron chi connectivity index (χ1n) is 11.7. The third kappa shape index (κ3) is 5.76. The average Bonchev–Trinajstić information content (AvgIpc) is 3.22. The molecule has 0 spiro atoms. The summed E-state index contributed by atoms with van der Waals surface area (Å²) in [4.78, 5) is 17.3. The first-order chi connectivity index (χ1) is 16.7. The monoisotopic (exact) mass is 457 g/mol. The number of aromatic nitrogens is 2. The third-order valence-corrected chi connectivity index (χ3v) is 5.73. The summed E-state index contributed by atoms with van der Waals surface area (Å²) in [5.41, 5.74) is 3.89. The number of hydrogen-bond acceptors (Lipinski definition) is 4. The van der Waals surface area contributed by atoms with Crippen molar-refractivity contribution >= 4 is 16.9 Å². The van der Waals surface area contributed by atoms with Crippen molar-refractivity contribution in [1.29, 1.82) is 0 Å².